The normalized spacial score (nSPS) is 22.1. The Morgan fingerprint density at radius 2 is 2.11 bits per heavy atom. The summed E-state index contributed by atoms with van der Waals surface area (Å²) in [5.41, 5.74) is 9.07. The Hall–Kier alpha value is -1.26. The molecule has 1 fully saturated rings. The summed E-state index contributed by atoms with van der Waals surface area (Å²) in [6.07, 6.45) is 0. The highest BCUT2D eigenvalue weighted by molar-refractivity contribution is 5.62. The zero-order valence-electron chi connectivity index (χ0n) is 11.6. The van der Waals surface area contributed by atoms with Gasteiger partial charge in [-0.3, -0.25) is 4.90 Å². The van der Waals surface area contributed by atoms with Crippen LogP contribution in [-0.4, -0.2) is 56.1 Å². The quantitative estimate of drug-likeness (QED) is 0.790. The molecule has 0 aromatic heterocycles. The highest BCUT2D eigenvalue weighted by Gasteiger charge is 2.21. The van der Waals surface area contributed by atoms with E-state index in [4.69, 9.17) is 5.73 Å². The highest BCUT2D eigenvalue weighted by Crippen LogP contribution is 2.20. The first-order valence-electron chi connectivity index (χ1n) is 6.55. The zero-order valence-corrected chi connectivity index (χ0v) is 11.6. The number of hydrogen-bond acceptors (Lipinski definition) is 4. The smallest absolute Gasteiger partial charge is 0.0393 e. The fraction of sp³-hybridized carbons (Fsp3) is 0.571. The standard InChI is InChI=1S/C14H24N4/c1-11-13(15)5-4-6-14(11)16-9-12-10-17(2)7-8-18(12)3/h4-6,12,16H,7-10,15H2,1-3H3. The summed E-state index contributed by atoms with van der Waals surface area (Å²) in [4.78, 5) is 4.81. The molecule has 2 rings (SSSR count). The van der Waals surface area contributed by atoms with E-state index in [1.165, 1.54) is 0 Å². The van der Waals surface area contributed by atoms with Crippen LogP contribution in [0.2, 0.25) is 0 Å². The van der Waals surface area contributed by atoms with Gasteiger partial charge < -0.3 is 16.0 Å². The van der Waals surface area contributed by atoms with Crippen molar-refractivity contribution in [3.8, 4) is 0 Å². The molecule has 0 aliphatic carbocycles. The first kappa shape index (κ1) is 13.2. The topological polar surface area (TPSA) is 44.5 Å². The van der Waals surface area contributed by atoms with Crippen LogP contribution in [0.15, 0.2) is 18.2 Å². The van der Waals surface area contributed by atoms with E-state index >= 15 is 0 Å². The minimum Gasteiger partial charge on any atom is -0.398 e. The minimum atomic E-state index is 0.560. The van der Waals surface area contributed by atoms with Crippen LogP contribution in [-0.2, 0) is 0 Å². The Bertz CT molecular complexity index is 405. The van der Waals surface area contributed by atoms with Gasteiger partial charge in [-0.25, -0.2) is 0 Å². The number of nitrogens with two attached hydrogens (primary N) is 1. The number of nitrogen functional groups attached to an aromatic ring is 1. The van der Waals surface area contributed by atoms with Crippen molar-refractivity contribution in [3.05, 3.63) is 23.8 Å². The third-order valence-corrected chi connectivity index (χ3v) is 3.88. The van der Waals surface area contributed by atoms with Crippen LogP contribution >= 0.6 is 0 Å². The monoisotopic (exact) mass is 248 g/mol. The highest BCUT2D eigenvalue weighted by atomic mass is 15.3. The van der Waals surface area contributed by atoms with Gasteiger partial charge in [0.25, 0.3) is 0 Å². The summed E-state index contributed by atoms with van der Waals surface area (Å²) in [6.45, 7) is 6.44. The summed E-state index contributed by atoms with van der Waals surface area (Å²) >= 11 is 0. The molecule has 0 spiro atoms. The second-order valence-corrected chi connectivity index (χ2v) is 5.30. The maximum Gasteiger partial charge on any atom is 0.0393 e. The fourth-order valence-electron chi connectivity index (χ4n) is 2.39. The molecule has 0 amide bonds. The lowest BCUT2D eigenvalue weighted by Gasteiger charge is -2.38. The molecule has 1 unspecified atom stereocenters. The number of likely N-dealkylation sites (N-methyl/N-ethyl adjacent to an activating group) is 2. The maximum atomic E-state index is 5.92. The first-order valence-corrected chi connectivity index (χ1v) is 6.55. The SMILES string of the molecule is Cc1c(N)cccc1NCC1CN(C)CCN1C. The number of nitrogens with one attached hydrogen (secondary N) is 1. The van der Waals surface area contributed by atoms with Gasteiger partial charge in [0.1, 0.15) is 0 Å². The summed E-state index contributed by atoms with van der Waals surface area (Å²) < 4.78 is 0. The van der Waals surface area contributed by atoms with Crippen molar-refractivity contribution in [2.24, 2.45) is 0 Å². The molecule has 1 atom stereocenters. The first-order chi connectivity index (χ1) is 8.58. The molecule has 1 aromatic carbocycles. The zero-order chi connectivity index (χ0) is 13.1. The molecule has 1 aliphatic rings. The van der Waals surface area contributed by atoms with Crippen molar-refractivity contribution in [2.75, 3.05) is 51.3 Å². The predicted molar refractivity (Wildman–Crippen MR) is 78.0 cm³/mol. The molecular formula is C14H24N4. The van der Waals surface area contributed by atoms with Gasteiger partial charge in [0.05, 0.1) is 0 Å². The lowest BCUT2D eigenvalue weighted by Crippen LogP contribution is -2.52. The molecule has 0 radical (unpaired) electrons. The van der Waals surface area contributed by atoms with Gasteiger partial charge in [0.2, 0.25) is 0 Å². The van der Waals surface area contributed by atoms with Crippen molar-refractivity contribution in [3.63, 3.8) is 0 Å². The van der Waals surface area contributed by atoms with E-state index < -0.39 is 0 Å². The molecule has 1 saturated heterocycles. The Kier molecular flexibility index (Phi) is 4.09. The molecule has 0 bridgehead atoms. The third-order valence-electron chi connectivity index (χ3n) is 3.88. The van der Waals surface area contributed by atoms with Crippen LogP contribution in [0.3, 0.4) is 0 Å². The molecule has 0 saturated carbocycles. The van der Waals surface area contributed by atoms with Crippen LogP contribution in [0.4, 0.5) is 11.4 Å². The predicted octanol–water partition coefficient (Wildman–Crippen LogP) is 1.23. The molecule has 4 nitrogen and oxygen atoms in total. The fourth-order valence-corrected chi connectivity index (χ4v) is 2.39. The molecule has 1 aliphatic heterocycles. The molecule has 3 N–H and O–H groups in total. The van der Waals surface area contributed by atoms with E-state index in [1.807, 2.05) is 12.1 Å². The molecule has 1 heterocycles. The van der Waals surface area contributed by atoms with Gasteiger partial charge >= 0.3 is 0 Å². The van der Waals surface area contributed by atoms with Gasteiger partial charge in [-0.05, 0) is 38.7 Å². The van der Waals surface area contributed by atoms with Crippen LogP contribution in [0.25, 0.3) is 0 Å². The van der Waals surface area contributed by atoms with Crippen molar-refractivity contribution < 1.29 is 0 Å². The molecule has 1 aromatic rings. The summed E-state index contributed by atoms with van der Waals surface area (Å²) in [7, 11) is 4.39. The summed E-state index contributed by atoms with van der Waals surface area (Å²) in [6, 6.07) is 6.60. The van der Waals surface area contributed by atoms with Gasteiger partial charge in [0.15, 0.2) is 0 Å². The number of nitrogens with zero attached hydrogens (tertiary/aromatic N) is 2. The van der Waals surface area contributed by atoms with Crippen molar-refractivity contribution in [1.82, 2.24) is 9.80 Å². The molecule has 18 heavy (non-hydrogen) atoms. The lowest BCUT2D eigenvalue weighted by molar-refractivity contribution is 0.122. The molecule has 100 valence electrons. The van der Waals surface area contributed by atoms with E-state index in [1.54, 1.807) is 0 Å². The van der Waals surface area contributed by atoms with Gasteiger partial charge in [0, 0.05) is 43.6 Å². The van der Waals surface area contributed by atoms with Crippen LogP contribution in [0.5, 0.6) is 0 Å². The van der Waals surface area contributed by atoms with Crippen molar-refractivity contribution in [2.45, 2.75) is 13.0 Å². The van der Waals surface area contributed by atoms with Gasteiger partial charge in [-0.2, -0.15) is 0 Å². The van der Waals surface area contributed by atoms with Gasteiger partial charge in [-0.15, -0.1) is 0 Å². The Morgan fingerprint density at radius 1 is 1.33 bits per heavy atom. The van der Waals surface area contributed by atoms with Gasteiger partial charge in [-0.1, -0.05) is 6.07 Å². The van der Waals surface area contributed by atoms with E-state index in [-0.39, 0.29) is 0 Å². The third kappa shape index (κ3) is 2.94. The maximum absolute atomic E-state index is 5.92. The van der Waals surface area contributed by atoms with E-state index in [9.17, 15) is 0 Å². The average molecular weight is 248 g/mol. The largest absolute Gasteiger partial charge is 0.398 e. The van der Waals surface area contributed by atoms with E-state index in [0.717, 1.165) is 43.1 Å². The van der Waals surface area contributed by atoms with E-state index in [2.05, 4.69) is 42.2 Å². The summed E-state index contributed by atoms with van der Waals surface area (Å²) in [5.74, 6) is 0. The number of benzene rings is 1. The van der Waals surface area contributed by atoms with Crippen molar-refractivity contribution in [1.29, 1.82) is 0 Å². The lowest BCUT2D eigenvalue weighted by atomic mass is 10.1. The average Bonchev–Trinajstić information content (AvgIpc) is 2.35. The summed E-state index contributed by atoms with van der Waals surface area (Å²) in [5, 5.41) is 3.53. The number of rotatable bonds is 3. The van der Waals surface area contributed by atoms with E-state index in [0.29, 0.717) is 6.04 Å². The molecule has 4 heteroatoms. The van der Waals surface area contributed by atoms with Crippen molar-refractivity contribution >= 4 is 11.4 Å². The Labute approximate surface area is 110 Å². The Balaban J connectivity index is 1.96. The van der Waals surface area contributed by atoms with Crippen LogP contribution in [0, 0.1) is 6.92 Å². The number of hydrogen-bond donors (Lipinski definition) is 2. The second-order valence-electron chi connectivity index (χ2n) is 5.30. The minimum absolute atomic E-state index is 0.560. The molecular weight excluding hydrogens is 224 g/mol. The number of anilines is 2. The Morgan fingerprint density at radius 3 is 2.89 bits per heavy atom. The number of piperazine rings is 1. The second kappa shape index (κ2) is 5.59. The van der Waals surface area contributed by atoms with Crippen LogP contribution in [0.1, 0.15) is 5.56 Å². The van der Waals surface area contributed by atoms with Crippen LogP contribution < -0.4 is 11.1 Å².